The van der Waals surface area contributed by atoms with Crippen molar-refractivity contribution in [3.63, 3.8) is 0 Å². The van der Waals surface area contributed by atoms with Gasteiger partial charge in [0.05, 0.1) is 34.1 Å². The number of hydrogen-bond acceptors (Lipinski definition) is 11. The van der Waals surface area contributed by atoms with Gasteiger partial charge in [-0.2, -0.15) is 0 Å². The molecule has 0 amide bonds. The van der Waals surface area contributed by atoms with E-state index in [-0.39, 0.29) is 30.6 Å². The molecule has 7 atom stereocenters. The van der Waals surface area contributed by atoms with E-state index in [0.29, 0.717) is 11.1 Å². The number of thioether (sulfide) groups is 1. The molecular formula is C55H44F2O10S. The van der Waals surface area contributed by atoms with E-state index in [9.17, 15) is 37.9 Å². The van der Waals surface area contributed by atoms with E-state index in [4.69, 9.17) is 18.9 Å². The molecule has 13 heteroatoms. The number of carbonyl (C=O) groups excluding carboxylic acids is 5. The lowest BCUT2D eigenvalue weighted by atomic mass is 10.0. The lowest BCUT2D eigenvalue weighted by Crippen LogP contribution is -2.37. The first-order chi connectivity index (χ1) is 32.9. The van der Waals surface area contributed by atoms with Crippen molar-refractivity contribution in [2.75, 3.05) is 13.2 Å². The summed E-state index contributed by atoms with van der Waals surface area (Å²) in [5.74, 6) is -3.36. The van der Waals surface area contributed by atoms with Crippen molar-refractivity contribution < 1.29 is 56.8 Å². The third-order valence-corrected chi connectivity index (χ3v) is 12.8. The molecule has 1 N–H and O–H groups in total. The van der Waals surface area contributed by atoms with Gasteiger partial charge in [-0.15, -0.1) is 11.8 Å². The Bertz CT molecular complexity index is 3140. The predicted molar refractivity (Wildman–Crippen MR) is 257 cm³/mol. The largest absolute Gasteiger partial charge is 0.462 e. The number of halogens is 2. The van der Waals surface area contributed by atoms with Crippen molar-refractivity contribution in [1.29, 1.82) is 0 Å². The summed E-state index contributed by atoms with van der Waals surface area (Å²) in [7, 11) is 0. The smallest absolute Gasteiger partial charge is 0.338 e. The molecule has 0 saturated carbocycles. The van der Waals surface area contributed by atoms with Crippen molar-refractivity contribution in [3.8, 4) is 0 Å². The summed E-state index contributed by atoms with van der Waals surface area (Å²) in [6.45, 7) is 1.13. The summed E-state index contributed by atoms with van der Waals surface area (Å²) in [5.41, 5.74) is -0.142. The zero-order valence-electron chi connectivity index (χ0n) is 36.5. The number of alkyl halides is 2. The molecule has 9 rings (SSSR count). The first-order valence-corrected chi connectivity index (χ1v) is 22.7. The van der Waals surface area contributed by atoms with Crippen LogP contribution in [0.2, 0.25) is 0 Å². The Morgan fingerprint density at radius 2 is 0.956 bits per heavy atom. The van der Waals surface area contributed by atoms with Crippen LogP contribution in [0.25, 0.3) is 43.1 Å². The monoisotopic (exact) mass is 934 g/mol. The van der Waals surface area contributed by atoms with Crippen molar-refractivity contribution in [1.82, 2.24) is 0 Å². The molecule has 10 nitrogen and oxygen atoms in total. The number of aliphatic hydroxyl groups is 1. The molecule has 8 aromatic carbocycles. The number of aliphatic hydroxyl groups excluding tert-OH is 1. The number of carbonyl (C=O) groups is 5. The normalized spacial score (nSPS) is 17.9. The van der Waals surface area contributed by atoms with Gasteiger partial charge in [-0.1, -0.05) is 128 Å². The van der Waals surface area contributed by atoms with Gasteiger partial charge in [0.1, 0.15) is 18.1 Å². The van der Waals surface area contributed by atoms with E-state index in [0.717, 1.165) is 54.9 Å². The van der Waals surface area contributed by atoms with Gasteiger partial charge in [-0.3, -0.25) is 4.79 Å². The van der Waals surface area contributed by atoms with Gasteiger partial charge in [0.2, 0.25) is 0 Å². The second kappa shape index (κ2) is 21.4. The summed E-state index contributed by atoms with van der Waals surface area (Å²) in [6.07, 6.45) is -6.42. The molecule has 1 aliphatic heterocycles. The number of aldehydes is 1. The topological polar surface area (TPSA) is 143 Å². The number of benzene rings is 8. The molecule has 1 fully saturated rings. The Hall–Kier alpha value is -7.48. The van der Waals surface area contributed by atoms with E-state index >= 15 is 0 Å². The minimum absolute atomic E-state index is 0.0833. The molecule has 1 aliphatic rings. The van der Waals surface area contributed by atoms with Crippen LogP contribution in [0.15, 0.2) is 170 Å². The summed E-state index contributed by atoms with van der Waals surface area (Å²) in [6, 6.07) is 50.7. The van der Waals surface area contributed by atoms with Gasteiger partial charge < -0.3 is 24.1 Å². The molecule has 0 spiro atoms. The zero-order valence-corrected chi connectivity index (χ0v) is 37.3. The molecule has 1 heterocycles. The summed E-state index contributed by atoms with van der Waals surface area (Å²) < 4.78 is 50.7. The van der Waals surface area contributed by atoms with Crippen LogP contribution in [-0.4, -0.2) is 83.7 Å². The van der Waals surface area contributed by atoms with Gasteiger partial charge in [0.25, 0.3) is 0 Å². The maximum absolute atomic E-state index is 14.7. The summed E-state index contributed by atoms with van der Waals surface area (Å²) in [5, 5.41) is 16.6. The van der Waals surface area contributed by atoms with Gasteiger partial charge >= 0.3 is 23.9 Å². The Kier molecular flexibility index (Phi) is 14.8. The maximum Gasteiger partial charge on any atom is 0.338 e. The SMILES string of the molecule is C[C@@H](COC(=O)c1ccc2ccccc2c1)[C@@H](OC(=O)c1ccc2ccccc2c1)[C@H](F)C=O.O=C(OC[C@H]1S[C@@H](O)[C@@H](F)[C@@H]1OC(=O)c1ccc2ccccc2c1)c1ccc2ccccc2c1. The van der Waals surface area contributed by atoms with Crippen LogP contribution < -0.4 is 0 Å². The van der Waals surface area contributed by atoms with Crippen LogP contribution in [0.3, 0.4) is 0 Å². The molecule has 8 aromatic rings. The maximum atomic E-state index is 14.7. The number of rotatable bonds is 13. The fraction of sp³-hybridized carbons (Fsp3) is 0.182. The number of esters is 4. The molecule has 344 valence electrons. The number of fused-ring (bicyclic) bond motifs is 4. The highest BCUT2D eigenvalue weighted by atomic mass is 32.2. The van der Waals surface area contributed by atoms with Gasteiger partial charge in [-0.25, -0.2) is 28.0 Å². The first-order valence-electron chi connectivity index (χ1n) is 21.7. The van der Waals surface area contributed by atoms with Gasteiger partial charge in [0.15, 0.2) is 24.7 Å². The number of hydrogen-bond donors (Lipinski definition) is 1. The van der Waals surface area contributed by atoms with Crippen molar-refractivity contribution in [2.45, 2.75) is 42.2 Å². The molecule has 68 heavy (non-hydrogen) atoms. The Morgan fingerprint density at radius 3 is 1.38 bits per heavy atom. The second-order valence-electron chi connectivity index (χ2n) is 16.3. The number of ether oxygens (including phenoxy) is 4. The second-order valence-corrected chi connectivity index (χ2v) is 17.6. The van der Waals surface area contributed by atoms with Gasteiger partial charge in [-0.05, 0) is 91.6 Å². The Morgan fingerprint density at radius 1 is 0.574 bits per heavy atom. The highest BCUT2D eigenvalue weighted by Crippen LogP contribution is 2.38. The van der Waals surface area contributed by atoms with E-state index in [1.54, 1.807) is 67.6 Å². The first kappa shape index (κ1) is 47.0. The quantitative estimate of drug-likeness (QED) is 0.0670. The van der Waals surface area contributed by atoms with Crippen molar-refractivity contribution in [3.05, 3.63) is 192 Å². The lowest BCUT2D eigenvalue weighted by molar-refractivity contribution is -0.117. The molecule has 0 radical (unpaired) electrons. The van der Waals surface area contributed by atoms with E-state index in [1.807, 2.05) is 109 Å². The molecule has 0 bridgehead atoms. The van der Waals surface area contributed by atoms with E-state index < -0.39 is 65.0 Å². The zero-order chi connectivity index (χ0) is 47.7. The van der Waals surface area contributed by atoms with Crippen LogP contribution in [0.1, 0.15) is 48.4 Å². The van der Waals surface area contributed by atoms with E-state index in [2.05, 4.69) is 0 Å². The lowest BCUT2D eigenvalue weighted by Gasteiger charge is -2.24. The average Bonchev–Trinajstić information content (AvgIpc) is 3.65. The molecular weight excluding hydrogens is 891 g/mol. The van der Waals surface area contributed by atoms with Crippen molar-refractivity contribution >= 4 is 85.0 Å². The molecule has 0 aliphatic carbocycles. The third-order valence-electron chi connectivity index (χ3n) is 11.6. The summed E-state index contributed by atoms with van der Waals surface area (Å²) in [4.78, 5) is 61.7. The Labute approximate surface area is 393 Å². The fourth-order valence-corrected chi connectivity index (χ4v) is 8.99. The fourth-order valence-electron chi connectivity index (χ4n) is 7.82. The molecule has 1 saturated heterocycles. The Balaban J connectivity index is 0.000000184. The third kappa shape index (κ3) is 11.0. The van der Waals surface area contributed by atoms with Crippen LogP contribution in [0.5, 0.6) is 0 Å². The minimum atomic E-state index is -2.06. The van der Waals surface area contributed by atoms with Crippen LogP contribution in [-0.2, 0) is 23.7 Å². The van der Waals surface area contributed by atoms with Crippen LogP contribution in [0, 0.1) is 5.92 Å². The molecule has 0 unspecified atom stereocenters. The highest BCUT2D eigenvalue weighted by Gasteiger charge is 2.47. The molecule has 0 aromatic heterocycles. The van der Waals surface area contributed by atoms with Crippen molar-refractivity contribution in [2.24, 2.45) is 5.92 Å². The minimum Gasteiger partial charge on any atom is -0.462 e. The summed E-state index contributed by atoms with van der Waals surface area (Å²) >= 11 is 0.887. The van der Waals surface area contributed by atoms with E-state index in [1.165, 1.54) is 0 Å². The van der Waals surface area contributed by atoms with Crippen LogP contribution >= 0.6 is 11.8 Å². The predicted octanol–water partition coefficient (Wildman–Crippen LogP) is 10.7. The van der Waals surface area contributed by atoms with Crippen LogP contribution in [0.4, 0.5) is 8.78 Å². The van der Waals surface area contributed by atoms with Gasteiger partial charge in [0, 0.05) is 5.92 Å². The average molecular weight is 935 g/mol. The standard InChI is InChI=1S/C28H23FO5.C27H21FO5S/c1-18(17-33-27(31)23-12-10-19-6-2-4-8-21(19)14-23)26(25(29)16-30)34-28(32)24-13-11-20-7-3-5-9-22(20)15-24;28-23-24(33-26(30)21-12-10-17-6-2-4-8-19(17)14-21)22(34-27(23)31)15-32-25(29)20-11-9-16-5-1-3-7-18(16)13-20/h2-16,18,25-26H,17H2,1H3;1-14,22-24,27,31H,15H2/t18-,25+,26+;22-,23+,24-,27-/m01/s1. The highest BCUT2D eigenvalue weighted by molar-refractivity contribution is 8.00.